The zero-order valence-electron chi connectivity index (χ0n) is 5.99. The second-order valence-electron chi connectivity index (χ2n) is 2.30. The third-order valence-electron chi connectivity index (χ3n) is 1.28. The van der Waals surface area contributed by atoms with Gasteiger partial charge >= 0.3 is 0 Å². The van der Waals surface area contributed by atoms with Crippen LogP contribution < -0.4 is 10.9 Å². The quantitative estimate of drug-likeness (QED) is 0.467. The van der Waals surface area contributed by atoms with Crippen molar-refractivity contribution in [2.24, 2.45) is 5.14 Å². The van der Waals surface area contributed by atoms with Gasteiger partial charge in [0.05, 0.1) is 9.71 Å². The van der Waals surface area contributed by atoms with Gasteiger partial charge in [-0.25, -0.2) is 4.21 Å². The number of benzene rings is 1. The molecule has 4 N–H and O–H groups in total. The molecule has 1 atom stereocenters. The number of rotatable bonds is 1. The Kier molecular flexibility index (Phi) is 1.89. The minimum absolute atomic E-state index is 0.520. The number of nitrogens with two attached hydrogens (primary N) is 2. The molecule has 4 heteroatoms. The highest BCUT2D eigenvalue weighted by Crippen LogP contribution is 2.08. The van der Waals surface area contributed by atoms with Crippen LogP contribution in [0, 0.1) is 0 Å². The minimum atomic E-state index is -2.58. The third kappa shape index (κ3) is 1.96. The lowest BCUT2D eigenvalue weighted by molar-refractivity contribution is 0.682. The summed E-state index contributed by atoms with van der Waals surface area (Å²) in [6.45, 7) is 0. The van der Waals surface area contributed by atoms with Gasteiger partial charge < -0.3 is 5.73 Å². The van der Waals surface area contributed by atoms with E-state index in [0.717, 1.165) is 0 Å². The minimum Gasteiger partial charge on any atom is -0.399 e. The summed E-state index contributed by atoms with van der Waals surface area (Å²) in [4.78, 5) is 0.520. The SMILES string of the molecule is C=S(N)(=O)c1ccc(N)cc1. The summed E-state index contributed by atoms with van der Waals surface area (Å²) in [5.41, 5.74) is 6.04. The van der Waals surface area contributed by atoms with Crippen LogP contribution in [0.25, 0.3) is 0 Å². The van der Waals surface area contributed by atoms with Gasteiger partial charge in [0.25, 0.3) is 0 Å². The lowest BCUT2D eigenvalue weighted by atomic mass is 10.3. The topological polar surface area (TPSA) is 69.1 Å². The van der Waals surface area contributed by atoms with Crippen LogP contribution >= 0.6 is 0 Å². The van der Waals surface area contributed by atoms with Crippen molar-refractivity contribution < 1.29 is 4.21 Å². The van der Waals surface area contributed by atoms with Crippen LogP contribution in [0.15, 0.2) is 29.2 Å². The van der Waals surface area contributed by atoms with Gasteiger partial charge in [0.1, 0.15) is 0 Å². The van der Waals surface area contributed by atoms with E-state index in [1.165, 1.54) is 0 Å². The lowest BCUT2D eigenvalue weighted by Gasteiger charge is -2.01. The number of hydrogen-bond donors (Lipinski definition) is 2. The predicted octanol–water partition coefficient (Wildman–Crippen LogP) is 0.218. The Hall–Kier alpha value is -1.00. The maximum atomic E-state index is 11.1. The van der Waals surface area contributed by atoms with Crippen LogP contribution in [-0.2, 0) is 9.71 Å². The molecule has 0 radical (unpaired) electrons. The first kappa shape index (κ1) is 8.10. The Bertz CT molecular complexity index is 339. The molecule has 0 aliphatic carbocycles. The van der Waals surface area contributed by atoms with E-state index in [1.807, 2.05) is 0 Å². The summed E-state index contributed by atoms with van der Waals surface area (Å²) in [5.74, 6) is 3.34. The van der Waals surface area contributed by atoms with E-state index >= 15 is 0 Å². The van der Waals surface area contributed by atoms with E-state index < -0.39 is 9.71 Å². The van der Waals surface area contributed by atoms with E-state index in [1.54, 1.807) is 24.3 Å². The molecule has 0 spiro atoms. The summed E-state index contributed by atoms with van der Waals surface area (Å²) in [5, 5.41) is 5.28. The number of hydrogen-bond acceptors (Lipinski definition) is 2. The summed E-state index contributed by atoms with van der Waals surface area (Å²) >= 11 is 0. The van der Waals surface area contributed by atoms with Crippen molar-refractivity contribution in [2.75, 3.05) is 5.73 Å². The van der Waals surface area contributed by atoms with Crippen LogP contribution in [0.1, 0.15) is 0 Å². The second kappa shape index (κ2) is 2.56. The largest absolute Gasteiger partial charge is 0.399 e. The molecule has 0 saturated carbocycles. The fourth-order valence-corrected chi connectivity index (χ4v) is 1.29. The van der Waals surface area contributed by atoms with Gasteiger partial charge in [-0.05, 0) is 30.1 Å². The molecule has 3 nitrogen and oxygen atoms in total. The molecule has 0 bridgehead atoms. The first-order valence-corrected chi connectivity index (χ1v) is 4.80. The first-order valence-electron chi connectivity index (χ1n) is 3.01. The Morgan fingerprint density at radius 1 is 1.27 bits per heavy atom. The van der Waals surface area contributed by atoms with E-state index in [0.29, 0.717) is 10.6 Å². The van der Waals surface area contributed by atoms with Gasteiger partial charge in [0.15, 0.2) is 0 Å². The summed E-state index contributed by atoms with van der Waals surface area (Å²) in [7, 11) is -2.58. The molecule has 0 heterocycles. The fourth-order valence-electron chi connectivity index (χ4n) is 0.698. The van der Waals surface area contributed by atoms with Gasteiger partial charge in [-0.1, -0.05) is 0 Å². The molecule has 1 rings (SSSR count). The van der Waals surface area contributed by atoms with Crippen LogP contribution in [-0.4, -0.2) is 10.1 Å². The number of nitrogen functional groups attached to an aromatic ring is 1. The first-order chi connectivity index (χ1) is 5.00. The van der Waals surface area contributed by atoms with E-state index in [-0.39, 0.29) is 0 Å². The van der Waals surface area contributed by atoms with Gasteiger partial charge in [-0.3, -0.25) is 5.14 Å². The molecule has 1 aromatic carbocycles. The Morgan fingerprint density at radius 3 is 2.09 bits per heavy atom. The molecule has 0 aliphatic rings. The fraction of sp³-hybridized carbons (Fsp3) is 0. The monoisotopic (exact) mass is 170 g/mol. The lowest BCUT2D eigenvalue weighted by Crippen LogP contribution is -2.11. The van der Waals surface area contributed by atoms with E-state index in [4.69, 9.17) is 10.9 Å². The summed E-state index contributed by atoms with van der Waals surface area (Å²) in [6.07, 6.45) is 0. The van der Waals surface area contributed by atoms with E-state index in [9.17, 15) is 4.21 Å². The van der Waals surface area contributed by atoms with Crippen molar-refractivity contribution in [2.45, 2.75) is 4.90 Å². The molecule has 0 amide bonds. The van der Waals surface area contributed by atoms with Crippen molar-refractivity contribution in [3.05, 3.63) is 24.3 Å². The van der Waals surface area contributed by atoms with Crippen molar-refractivity contribution in [3.63, 3.8) is 0 Å². The highest BCUT2D eigenvalue weighted by molar-refractivity contribution is 7.98. The van der Waals surface area contributed by atoms with Crippen LogP contribution in [0.5, 0.6) is 0 Å². The maximum absolute atomic E-state index is 11.1. The van der Waals surface area contributed by atoms with Gasteiger partial charge in [0.2, 0.25) is 0 Å². The predicted molar refractivity (Wildman–Crippen MR) is 48.6 cm³/mol. The Labute approximate surface area is 66.2 Å². The third-order valence-corrected chi connectivity index (χ3v) is 2.35. The second-order valence-corrected chi connectivity index (χ2v) is 4.22. The zero-order valence-corrected chi connectivity index (χ0v) is 6.80. The molecule has 60 valence electrons. The number of anilines is 1. The molecule has 0 aliphatic heterocycles. The molecular formula is C7H10N2OS. The standard InChI is InChI=1S/C7H10N2OS/c1-11(9,10)7-4-2-6(8)3-5-7/h2-5H,1,8H2,(H2,9,10). The zero-order chi connectivity index (χ0) is 8.48. The van der Waals surface area contributed by atoms with Crippen LogP contribution in [0.4, 0.5) is 5.69 Å². The summed E-state index contributed by atoms with van der Waals surface area (Å²) < 4.78 is 11.1. The average molecular weight is 170 g/mol. The van der Waals surface area contributed by atoms with Crippen LogP contribution in [0.2, 0.25) is 0 Å². The van der Waals surface area contributed by atoms with Crippen LogP contribution in [0.3, 0.4) is 0 Å². The molecule has 1 aromatic rings. The molecule has 1 unspecified atom stereocenters. The molecule has 0 aromatic heterocycles. The average Bonchev–Trinajstić information content (AvgIpc) is 1.86. The normalized spacial score (nSPS) is 15.7. The van der Waals surface area contributed by atoms with E-state index in [2.05, 4.69) is 5.87 Å². The molecule has 0 saturated heterocycles. The van der Waals surface area contributed by atoms with Crippen molar-refractivity contribution in [3.8, 4) is 0 Å². The van der Waals surface area contributed by atoms with Crippen molar-refractivity contribution in [1.82, 2.24) is 0 Å². The van der Waals surface area contributed by atoms with Crippen molar-refractivity contribution in [1.29, 1.82) is 0 Å². The molecular weight excluding hydrogens is 160 g/mol. The van der Waals surface area contributed by atoms with Gasteiger partial charge in [-0.15, -0.1) is 0 Å². The maximum Gasteiger partial charge on any atom is 0.0507 e. The Morgan fingerprint density at radius 2 is 1.73 bits per heavy atom. The highest BCUT2D eigenvalue weighted by atomic mass is 32.2. The highest BCUT2D eigenvalue weighted by Gasteiger charge is 1.98. The Balaban J connectivity index is 3.20. The van der Waals surface area contributed by atoms with Gasteiger partial charge in [0, 0.05) is 10.6 Å². The molecule has 11 heavy (non-hydrogen) atoms. The molecule has 0 fully saturated rings. The smallest absolute Gasteiger partial charge is 0.0507 e. The van der Waals surface area contributed by atoms with Crippen molar-refractivity contribution >= 4 is 21.3 Å². The summed E-state index contributed by atoms with van der Waals surface area (Å²) in [6, 6.07) is 6.52. The van der Waals surface area contributed by atoms with Gasteiger partial charge in [-0.2, -0.15) is 0 Å².